The van der Waals surface area contributed by atoms with Crippen molar-refractivity contribution < 1.29 is 13.2 Å². The summed E-state index contributed by atoms with van der Waals surface area (Å²) in [7, 11) is -3.49. The number of sulfonamides is 1. The van der Waals surface area contributed by atoms with Gasteiger partial charge in [-0.15, -0.1) is 11.3 Å². The standard InChI is InChI=1S/C20H33N3O3S2/c1-16-8-13-22(14-9-16)11-4-10-21-20(24)18-5-3-12-23(15-18)28(25,26)19-7-6-17(2)27-19/h6-7,16,18H,3-5,8-15H2,1-2H3,(H,21,24). The van der Waals surface area contributed by atoms with E-state index in [-0.39, 0.29) is 18.4 Å². The maximum atomic E-state index is 12.8. The first-order valence-corrected chi connectivity index (χ1v) is 12.7. The Morgan fingerprint density at radius 3 is 2.64 bits per heavy atom. The Morgan fingerprint density at radius 2 is 1.96 bits per heavy atom. The monoisotopic (exact) mass is 427 g/mol. The van der Waals surface area contributed by atoms with E-state index in [1.54, 1.807) is 6.07 Å². The minimum atomic E-state index is -3.49. The van der Waals surface area contributed by atoms with Crippen LogP contribution in [-0.4, -0.2) is 62.8 Å². The molecule has 1 atom stereocenters. The summed E-state index contributed by atoms with van der Waals surface area (Å²) in [6.07, 6.45) is 4.97. The number of rotatable bonds is 7. The second-order valence-corrected chi connectivity index (χ2v) is 11.7. The Labute approximate surface area is 173 Å². The molecule has 1 amide bonds. The first-order valence-electron chi connectivity index (χ1n) is 10.4. The van der Waals surface area contributed by atoms with Crippen LogP contribution in [0.4, 0.5) is 0 Å². The third-order valence-corrected chi connectivity index (χ3v) is 9.22. The maximum absolute atomic E-state index is 12.8. The highest BCUT2D eigenvalue weighted by Crippen LogP contribution is 2.28. The molecule has 2 fully saturated rings. The van der Waals surface area contributed by atoms with Crippen molar-refractivity contribution in [3.05, 3.63) is 17.0 Å². The maximum Gasteiger partial charge on any atom is 0.252 e. The fourth-order valence-electron chi connectivity index (χ4n) is 4.00. The molecule has 1 aromatic heterocycles. The molecular weight excluding hydrogens is 394 g/mol. The van der Waals surface area contributed by atoms with E-state index in [2.05, 4.69) is 17.1 Å². The van der Waals surface area contributed by atoms with Crippen LogP contribution < -0.4 is 5.32 Å². The Hall–Kier alpha value is -0.960. The average Bonchev–Trinajstić information content (AvgIpc) is 3.14. The second-order valence-electron chi connectivity index (χ2n) is 8.24. The number of nitrogens with one attached hydrogen (secondary N) is 1. The predicted octanol–water partition coefficient (Wildman–Crippen LogP) is 2.70. The Morgan fingerprint density at radius 1 is 1.21 bits per heavy atom. The molecule has 0 saturated carbocycles. The summed E-state index contributed by atoms with van der Waals surface area (Å²) >= 11 is 1.29. The van der Waals surface area contributed by atoms with E-state index < -0.39 is 10.0 Å². The molecule has 1 N–H and O–H groups in total. The van der Waals surface area contributed by atoms with Crippen molar-refractivity contribution in [1.82, 2.24) is 14.5 Å². The molecule has 2 saturated heterocycles. The molecule has 158 valence electrons. The van der Waals surface area contributed by atoms with Gasteiger partial charge in [-0.05, 0) is 76.7 Å². The van der Waals surface area contributed by atoms with Gasteiger partial charge >= 0.3 is 0 Å². The van der Waals surface area contributed by atoms with Gasteiger partial charge < -0.3 is 10.2 Å². The van der Waals surface area contributed by atoms with Crippen LogP contribution in [0.25, 0.3) is 0 Å². The molecule has 1 aromatic rings. The van der Waals surface area contributed by atoms with Crippen LogP contribution in [0.5, 0.6) is 0 Å². The molecule has 6 nitrogen and oxygen atoms in total. The molecule has 1 unspecified atom stereocenters. The minimum absolute atomic E-state index is 0.00507. The molecule has 2 aliphatic rings. The molecule has 0 aromatic carbocycles. The first kappa shape index (κ1) is 21.7. The summed E-state index contributed by atoms with van der Waals surface area (Å²) in [5.74, 6) is 0.578. The van der Waals surface area contributed by atoms with Gasteiger partial charge in [0.25, 0.3) is 10.0 Å². The van der Waals surface area contributed by atoms with Gasteiger partial charge in [0, 0.05) is 24.5 Å². The van der Waals surface area contributed by atoms with Gasteiger partial charge in [-0.2, -0.15) is 4.31 Å². The number of thiophene rings is 1. The molecule has 3 rings (SSSR count). The Kier molecular flexibility index (Phi) is 7.53. The molecule has 3 heterocycles. The largest absolute Gasteiger partial charge is 0.356 e. The summed E-state index contributed by atoms with van der Waals surface area (Å²) in [4.78, 5) is 16.0. The lowest BCUT2D eigenvalue weighted by Crippen LogP contribution is -2.45. The zero-order valence-electron chi connectivity index (χ0n) is 17.0. The second kappa shape index (κ2) is 9.69. The minimum Gasteiger partial charge on any atom is -0.356 e. The number of amides is 1. The number of hydrogen-bond acceptors (Lipinski definition) is 5. The highest BCUT2D eigenvalue weighted by molar-refractivity contribution is 7.91. The summed E-state index contributed by atoms with van der Waals surface area (Å²) in [5.41, 5.74) is 0. The number of piperidine rings is 2. The Bertz CT molecular complexity index is 755. The molecule has 28 heavy (non-hydrogen) atoms. The lowest BCUT2D eigenvalue weighted by Gasteiger charge is -2.31. The van der Waals surface area contributed by atoms with E-state index >= 15 is 0 Å². The highest BCUT2D eigenvalue weighted by atomic mass is 32.2. The predicted molar refractivity (Wildman–Crippen MR) is 113 cm³/mol. The average molecular weight is 428 g/mol. The van der Waals surface area contributed by atoms with Crippen LogP contribution in [0.1, 0.15) is 43.9 Å². The van der Waals surface area contributed by atoms with Gasteiger partial charge in [0.1, 0.15) is 4.21 Å². The van der Waals surface area contributed by atoms with Crippen molar-refractivity contribution in [1.29, 1.82) is 0 Å². The SMILES string of the molecule is Cc1ccc(S(=O)(=O)N2CCCC(C(=O)NCCCN3CCC(C)CC3)C2)s1. The van der Waals surface area contributed by atoms with E-state index in [4.69, 9.17) is 0 Å². The van der Waals surface area contributed by atoms with Crippen molar-refractivity contribution >= 4 is 27.3 Å². The van der Waals surface area contributed by atoms with Gasteiger partial charge in [-0.1, -0.05) is 6.92 Å². The topological polar surface area (TPSA) is 69.7 Å². The normalized spacial score (nSPS) is 23.0. The number of carbonyl (C=O) groups excluding carboxylic acids is 1. The van der Waals surface area contributed by atoms with E-state index in [1.807, 2.05) is 13.0 Å². The molecule has 0 spiro atoms. The quantitative estimate of drug-likeness (QED) is 0.679. The van der Waals surface area contributed by atoms with Crippen LogP contribution in [-0.2, 0) is 14.8 Å². The van der Waals surface area contributed by atoms with Gasteiger partial charge in [-0.25, -0.2) is 8.42 Å². The third-order valence-electron chi connectivity index (χ3n) is 5.89. The first-order chi connectivity index (χ1) is 13.4. The van der Waals surface area contributed by atoms with Crippen molar-refractivity contribution in [3.63, 3.8) is 0 Å². The number of carbonyl (C=O) groups is 1. The van der Waals surface area contributed by atoms with Gasteiger partial charge in [0.15, 0.2) is 0 Å². The fraction of sp³-hybridized carbons (Fsp3) is 0.750. The lowest BCUT2D eigenvalue weighted by atomic mass is 9.98. The number of hydrogen-bond donors (Lipinski definition) is 1. The number of likely N-dealkylation sites (tertiary alicyclic amines) is 1. The zero-order valence-corrected chi connectivity index (χ0v) is 18.7. The summed E-state index contributed by atoms with van der Waals surface area (Å²) in [6, 6.07) is 3.50. The van der Waals surface area contributed by atoms with E-state index in [0.29, 0.717) is 17.3 Å². The van der Waals surface area contributed by atoms with Crippen molar-refractivity contribution in [2.75, 3.05) is 39.3 Å². The molecule has 8 heteroatoms. The third kappa shape index (κ3) is 5.55. The van der Waals surface area contributed by atoms with E-state index in [1.165, 1.54) is 28.5 Å². The van der Waals surface area contributed by atoms with E-state index in [9.17, 15) is 13.2 Å². The molecule has 2 aliphatic heterocycles. The van der Waals surface area contributed by atoms with E-state index in [0.717, 1.165) is 49.7 Å². The smallest absolute Gasteiger partial charge is 0.252 e. The lowest BCUT2D eigenvalue weighted by molar-refractivity contribution is -0.126. The fourth-order valence-corrected chi connectivity index (χ4v) is 6.96. The number of aryl methyl sites for hydroxylation is 1. The van der Waals surface area contributed by atoms with Gasteiger partial charge in [-0.3, -0.25) is 4.79 Å². The van der Waals surface area contributed by atoms with Gasteiger partial charge in [0.05, 0.1) is 5.92 Å². The van der Waals surface area contributed by atoms with Crippen molar-refractivity contribution in [2.24, 2.45) is 11.8 Å². The summed E-state index contributed by atoms with van der Waals surface area (Å²) in [6.45, 7) is 9.00. The van der Waals surface area contributed by atoms with Gasteiger partial charge in [0.2, 0.25) is 5.91 Å². The van der Waals surface area contributed by atoms with Crippen LogP contribution in [0.3, 0.4) is 0 Å². The molecule has 0 bridgehead atoms. The number of nitrogens with zero attached hydrogens (tertiary/aromatic N) is 2. The zero-order chi connectivity index (χ0) is 20.1. The summed E-state index contributed by atoms with van der Waals surface area (Å²) in [5, 5.41) is 3.03. The summed E-state index contributed by atoms with van der Waals surface area (Å²) < 4.78 is 27.5. The molecule has 0 radical (unpaired) electrons. The van der Waals surface area contributed by atoms with Crippen molar-refractivity contribution in [3.8, 4) is 0 Å². The molecular formula is C20H33N3O3S2. The van der Waals surface area contributed by atoms with Crippen molar-refractivity contribution in [2.45, 2.75) is 50.2 Å². The van der Waals surface area contributed by atoms with Crippen LogP contribution >= 0.6 is 11.3 Å². The Balaban J connectivity index is 1.44. The van der Waals surface area contributed by atoms with Crippen LogP contribution in [0.15, 0.2) is 16.3 Å². The molecule has 0 aliphatic carbocycles. The highest BCUT2D eigenvalue weighted by Gasteiger charge is 2.33. The van der Waals surface area contributed by atoms with Crippen LogP contribution in [0, 0.1) is 18.8 Å². The van der Waals surface area contributed by atoms with Crippen LogP contribution in [0.2, 0.25) is 0 Å².